The molecule has 0 aromatic carbocycles. The van der Waals surface area contributed by atoms with E-state index >= 15 is 0 Å². The monoisotopic (exact) mass is 285 g/mol. The van der Waals surface area contributed by atoms with Crippen LogP contribution in [-0.4, -0.2) is 28.5 Å². The van der Waals surface area contributed by atoms with Gasteiger partial charge in [-0.05, 0) is 45.1 Å². The number of nitrogens with zero attached hydrogens (tertiary/aromatic N) is 3. The minimum absolute atomic E-state index is 0.318. The van der Waals surface area contributed by atoms with Gasteiger partial charge in [-0.1, -0.05) is 6.07 Å². The molecule has 0 N–H and O–H groups in total. The number of allylic oxidation sites excluding steroid dienone is 2. The first kappa shape index (κ1) is 16.5. The number of hydrogen-bond acceptors (Lipinski definition) is 5. The van der Waals surface area contributed by atoms with E-state index in [1.54, 1.807) is 24.8 Å². The molecule has 0 aliphatic carbocycles. The van der Waals surface area contributed by atoms with Crippen LogP contribution in [-0.2, 0) is 9.53 Å². The Morgan fingerprint density at radius 1 is 0.952 bits per heavy atom. The van der Waals surface area contributed by atoms with E-state index in [0.717, 1.165) is 11.4 Å². The molecule has 3 heterocycles. The van der Waals surface area contributed by atoms with Crippen LogP contribution in [0.2, 0.25) is 0 Å². The highest BCUT2D eigenvalue weighted by Crippen LogP contribution is 2.05. The van der Waals surface area contributed by atoms with Crippen LogP contribution in [0.3, 0.4) is 0 Å². The summed E-state index contributed by atoms with van der Waals surface area (Å²) in [6.07, 6.45) is 10.8. The lowest BCUT2D eigenvalue weighted by Gasteiger charge is -2.14. The molecule has 3 rings (SSSR count). The molecule has 5 heteroatoms. The van der Waals surface area contributed by atoms with Crippen molar-refractivity contribution in [2.45, 2.75) is 26.4 Å². The van der Waals surface area contributed by atoms with Gasteiger partial charge < -0.3 is 4.74 Å². The highest BCUT2D eigenvalue weighted by molar-refractivity contribution is 6.53. The summed E-state index contributed by atoms with van der Waals surface area (Å²) in [5, 5.41) is 0. The van der Waals surface area contributed by atoms with Gasteiger partial charge in [0.2, 0.25) is 0 Å². The lowest BCUT2D eigenvalue weighted by molar-refractivity contribution is -0.138. The number of carbonyl (C=O) groups is 1. The number of pyridine rings is 1. The van der Waals surface area contributed by atoms with Gasteiger partial charge in [-0.2, -0.15) is 0 Å². The number of aromatic nitrogens is 1. The minimum atomic E-state index is -0.318. The first-order valence-corrected chi connectivity index (χ1v) is 6.48. The van der Waals surface area contributed by atoms with Gasteiger partial charge in [0, 0.05) is 24.8 Å². The summed E-state index contributed by atoms with van der Waals surface area (Å²) in [4.78, 5) is 21.4. The van der Waals surface area contributed by atoms with Crippen LogP contribution < -0.4 is 0 Å². The third-order valence-corrected chi connectivity index (χ3v) is 2.12. The number of rotatable bonds is 1. The SMILES string of the molecule is C1=CC2=NC=CC2=N1.CC(C)(C)OC=O.c1ccncc1. The van der Waals surface area contributed by atoms with E-state index in [1.165, 1.54) is 0 Å². The second-order valence-corrected chi connectivity index (χ2v) is 5.01. The summed E-state index contributed by atoms with van der Waals surface area (Å²) in [6.45, 7) is 5.92. The molecular formula is C16H19N3O2. The smallest absolute Gasteiger partial charge is 0.293 e. The van der Waals surface area contributed by atoms with Gasteiger partial charge in [-0.25, -0.2) is 0 Å². The molecule has 2 aliphatic heterocycles. The van der Waals surface area contributed by atoms with Crippen molar-refractivity contribution in [1.29, 1.82) is 0 Å². The Morgan fingerprint density at radius 3 is 1.71 bits per heavy atom. The Labute approximate surface area is 124 Å². The second-order valence-electron chi connectivity index (χ2n) is 5.01. The number of ether oxygens (including phenoxy) is 1. The molecule has 0 fully saturated rings. The summed E-state index contributed by atoms with van der Waals surface area (Å²) in [6, 6.07) is 5.72. The van der Waals surface area contributed by atoms with Crippen molar-refractivity contribution in [3.8, 4) is 0 Å². The average Bonchev–Trinajstić information content (AvgIpc) is 3.04. The van der Waals surface area contributed by atoms with Crippen molar-refractivity contribution < 1.29 is 9.53 Å². The fraction of sp³-hybridized carbons (Fsp3) is 0.250. The van der Waals surface area contributed by atoms with Gasteiger partial charge in [0.25, 0.3) is 6.47 Å². The van der Waals surface area contributed by atoms with Crippen LogP contribution in [0.5, 0.6) is 0 Å². The average molecular weight is 285 g/mol. The predicted molar refractivity (Wildman–Crippen MR) is 84.3 cm³/mol. The zero-order valence-corrected chi connectivity index (χ0v) is 12.4. The van der Waals surface area contributed by atoms with E-state index in [0.29, 0.717) is 6.47 Å². The van der Waals surface area contributed by atoms with Gasteiger partial charge >= 0.3 is 0 Å². The second kappa shape index (κ2) is 8.58. The normalized spacial score (nSPS) is 13.9. The van der Waals surface area contributed by atoms with Crippen molar-refractivity contribution in [2.75, 3.05) is 0 Å². The summed E-state index contributed by atoms with van der Waals surface area (Å²) in [5.41, 5.74) is 1.66. The molecule has 0 amide bonds. The third-order valence-electron chi connectivity index (χ3n) is 2.12. The molecule has 0 radical (unpaired) electrons. The Bertz CT molecular complexity index is 500. The predicted octanol–water partition coefficient (Wildman–Crippen LogP) is 2.96. The van der Waals surface area contributed by atoms with E-state index in [1.807, 2.05) is 51.1 Å². The third kappa shape index (κ3) is 7.57. The lowest BCUT2D eigenvalue weighted by atomic mass is 10.2. The number of hydrogen-bond donors (Lipinski definition) is 0. The molecule has 0 bridgehead atoms. The van der Waals surface area contributed by atoms with E-state index in [4.69, 9.17) is 0 Å². The zero-order chi connectivity index (χ0) is 15.6. The highest BCUT2D eigenvalue weighted by Gasteiger charge is 2.09. The highest BCUT2D eigenvalue weighted by atomic mass is 16.5. The fourth-order valence-electron chi connectivity index (χ4n) is 1.22. The van der Waals surface area contributed by atoms with Crippen LogP contribution in [0.1, 0.15) is 20.8 Å². The molecule has 1 aromatic rings. The molecule has 0 saturated carbocycles. The molecule has 21 heavy (non-hydrogen) atoms. The van der Waals surface area contributed by atoms with Crippen molar-refractivity contribution >= 4 is 17.9 Å². The van der Waals surface area contributed by atoms with Gasteiger partial charge in [-0.15, -0.1) is 0 Å². The van der Waals surface area contributed by atoms with E-state index in [9.17, 15) is 4.79 Å². The van der Waals surface area contributed by atoms with Crippen molar-refractivity contribution in [3.05, 3.63) is 55.1 Å². The summed E-state index contributed by atoms with van der Waals surface area (Å²) < 4.78 is 4.55. The number of fused-ring (bicyclic) bond motifs is 1. The first-order chi connectivity index (χ1) is 10.0. The van der Waals surface area contributed by atoms with Crippen LogP contribution in [0.4, 0.5) is 0 Å². The van der Waals surface area contributed by atoms with Gasteiger partial charge in [-0.3, -0.25) is 19.8 Å². The largest absolute Gasteiger partial charge is 0.462 e. The van der Waals surface area contributed by atoms with Gasteiger partial charge in [0.1, 0.15) is 5.60 Å². The van der Waals surface area contributed by atoms with E-state index < -0.39 is 0 Å². The van der Waals surface area contributed by atoms with E-state index in [2.05, 4.69) is 19.7 Å². The molecule has 5 nitrogen and oxygen atoms in total. The fourth-order valence-corrected chi connectivity index (χ4v) is 1.22. The molecule has 0 atom stereocenters. The Hall–Kier alpha value is -2.56. The summed E-state index contributed by atoms with van der Waals surface area (Å²) in [7, 11) is 0. The first-order valence-electron chi connectivity index (χ1n) is 6.48. The zero-order valence-electron chi connectivity index (χ0n) is 12.4. The maximum Gasteiger partial charge on any atom is 0.293 e. The van der Waals surface area contributed by atoms with Gasteiger partial charge in [0.15, 0.2) is 0 Å². The molecule has 0 unspecified atom stereocenters. The standard InChI is InChI=1S/C6H4N2.C5H5N.C5H10O2/c1-3-7-6-2-4-8-5(1)6;1-2-4-6-5-3-1;1-5(2,3)7-4-6/h1-4H;1-5H;4H,1-3H3. The Kier molecular flexibility index (Phi) is 6.74. The molecule has 2 aliphatic rings. The number of aliphatic imine (C=N–C) groups is 2. The van der Waals surface area contributed by atoms with Crippen molar-refractivity contribution in [3.63, 3.8) is 0 Å². The van der Waals surface area contributed by atoms with Crippen LogP contribution in [0, 0.1) is 0 Å². The Morgan fingerprint density at radius 2 is 1.48 bits per heavy atom. The quantitative estimate of drug-likeness (QED) is 0.745. The lowest BCUT2D eigenvalue weighted by Crippen LogP contribution is -2.17. The molecule has 110 valence electrons. The molecular weight excluding hydrogens is 266 g/mol. The molecule has 0 saturated heterocycles. The number of carbonyl (C=O) groups excluding carboxylic acids is 1. The van der Waals surface area contributed by atoms with E-state index in [-0.39, 0.29) is 5.60 Å². The van der Waals surface area contributed by atoms with Crippen LogP contribution >= 0.6 is 0 Å². The summed E-state index contributed by atoms with van der Waals surface area (Å²) >= 11 is 0. The topological polar surface area (TPSA) is 63.9 Å². The van der Waals surface area contributed by atoms with Gasteiger partial charge in [0.05, 0.1) is 11.4 Å². The maximum atomic E-state index is 9.60. The molecule has 0 spiro atoms. The molecule has 1 aromatic heterocycles. The maximum absolute atomic E-state index is 9.60. The van der Waals surface area contributed by atoms with Crippen molar-refractivity contribution in [1.82, 2.24) is 4.98 Å². The Balaban J connectivity index is 0.000000160. The van der Waals surface area contributed by atoms with Crippen LogP contribution in [0.25, 0.3) is 0 Å². The summed E-state index contributed by atoms with van der Waals surface area (Å²) in [5.74, 6) is 0. The van der Waals surface area contributed by atoms with Crippen LogP contribution in [0.15, 0.2) is 65.1 Å². The minimum Gasteiger partial charge on any atom is -0.462 e. The van der Waals surface area contributed by atoms with Crippen molar-refractivity contribution in [2.24, 2.45) is 9.98 Å².